The molecule has 0 aliphatic heterocycles. The van der Waals surface area contributed by atoms with Crippen LogP contribution in [0.2, 0.25) is 0 Å². The van der Waals surface area contributed by atoms with Gasteiger partial charge in [0.05, 0.1) is 25.5 Å². The van der Waals surface area contributed by atoms with Gasteiger partial charge in [0.25, 0.3) is 0 Å². The maximum Gasteiger partial charge on any atom is 0.208 e. The van der Waals surface area contributed by atoms with E-state index in [-0.39, 0.29) is 0 Å². The van der Waals surface area contributed by atoms with Gasteiger partial charge in [-0.05, 0) is 58.0 Å². The Balaban J connectivity index is 1.51. The third-order valence-corrected chi connectivity index (χ3v) is 5.11. The number of aryl methyl sites for hydroxylation is 4. The van der Waals surface area contributed by atoms with Gasteiger partial charge in [-0.3, -0.25) is 0 Å². The molecular formula is C16H26I2N4+2. The average molecular weight is 528 g/mol. The van der Waals surface area contributed by atoms with Crippen LogP contribution in [0.1, 0.15) is 38.5 Å². The van der Waals surface area contributed by atoms with Crippen molar-refractivity contribution in [2.24, 2.45) is 14.1 Å². The van der Waals surface area contributed by atoms with Crippen LogP contribution in [0.4, 0.5) is 0 Å². The second-order valence-corrected chi connectivity index (χ2v) is 8.37. The summed E-state index contributed by atoms with van der Waals surface area (Å²) in [7, 11) is 4.23. The van der Waals surface area contributed by atoms with Crippen molar-refractivity contribution in [3.63, 3.8) is 0 Å². The van der Waals surface area contributed by atoms with Crippen LogP contribution < -0.4 is 9.36 Å². The van der Waals surface area contributed by atoms with E-state index in [1.54, 1.807) is 0 Å². The van der Waals surface area contributed by atoms with Crippen molar-refractivity contribution < 1.29 is 9.36 Å². The summed E-state index contributed by atoms with van der Waals surface area (Å²) in [5, 5.41) is 0. The molecule has 0 atom stereocenters. The zero-order valence-corrected chi connectivity index (χ0v) is 17.8. The minimum atomic E-state index is 1.14. The molecule has 6 heteroatoms. The first kappa shape index (κ1) is 18.2. The fraction of sp³-hybridized carbons (Fsp3) is 0.625. The smallest absolute Gasteiger partial charge is 0.160 e. The summed E-state index contributed by atoms with van der Waals surface area (Å²) in [4.78, 5) is 0. The summed E-state index contributed by atoms with van der Waals surface area (Å²) in [6, 6.07) is 0. The molecule has 0 fully saturated rings. The SMILES string of the molecule is C[n+]1cc(I)cn1CCCCCCCCn1cc(I)c[n+]1C. The highest BCUT2D eigenvalue weighted by atomic mass is 127. The van der Waals surface area contributed by atoms with Crippen molar-refractivity contribution >= 4 is 45.2 Å². The predicted molar refractivity (Wildman–Crippen MR) is 104 cm³/mol. The molecule has 22 heavy (non-hydrogen) atoms. The predicted octanol–water partition coefficient (Wildman–Crippen LogP) is 3.19. The summed E-state index contributed by atoms with van der Waals surface area (Å²) in [5.41, 5.74) is 0. The Morgan fingerprint density at radius 1 is 0.727 bits per heavy atom. The van der Waals surface area contributed by atoms with Gasteiger partial charge in [-0.15, -0.1) is 9.36 Å². The number of nitrogens with zero attached hydrogens (tertiary/aromatic N) is 4. The molecule has 0 radical (unpaired) electrons. The molecule has 0 bridgehead atoms. The standard InChI is InChI=1S/C16H26I2N4/c1-19-11-15(17)13-21(19)9-7-5-3-4-6-8-10-22-14-16(18)12-20(22)2/h11-14H,3-10H2,1-2H3/q+2. The molecule has 0 unspecified atom stereocenters. The molecule has 2 aromatic rings. The van der Waals surface area contributed by atoms with Crippen molar-refractivity contribution in [1.29, 1.82) is 0 Å². The largest absolute Gasteiger partial charge is 0.208 e. The maximum absolute atomic E-state index is 2.37. The van der Waals surface area contributed by atoms with Crippen molar-refractivity contribution in [2.45, 2.75) is 51.6 Å². The lowest BCUT2D eigenvalue weighted by Crippen LogP contribution is -2.37. The van der Waals surface area contributed by atoms with Crippen LogP contribution in [0.15, 0.2) is 24.8 Å². The van der Waals surface area contributed by atoms with Crippen molar-refractivity contribution in [3.05, 3.63) is 31.9 Å². The van der Waals surface area contributed by atoms with Crippen LogP contribution in [0.3, 0.4) is 0 Å². The zero-order chi connectivity index (χ0) is 15.9. The number of rotatable bonds is 9. The normalized spacial score (nSPS) is 11.3. The minimum Gasteiger partial charge on any atom is -0.160 e. The van der Waals surface area contributed by atoms with Gasteiger partial charge in [-0.1, -0.05) is 25.7 Å². The molecule has 122 valence electrons. The molecule has 2 aromatic heterocycles. The Morgan fingerprint density at radius 3 is 1.41 bits per heavy atom. The first-order valence-corrected chi connectivity index (χ1v) is 10.1. The molecule has 0 aromatic carbocycles. The van der Waals surface area contributed by atoms with Gasteiger partial charge in [0.1, 0.15) is 7.14 Å². The average Bonchev–Trinajstić information content (AvgIpc) is 2.94. The summed E-state index contributed by atoms with van der Waals surface area (Å²) in [5.74, 6) is 0. The number of unbranched alkanes of at least 4 members (excludes halogenated alkanes) is 5. The number of hydrogen-bond donors (Lipinski definition) is 0. The Bertz CT molecular complexity index is 537. The van der Waals surface area contributed by atoms with E-state index in [0.29, 0.717) is 0 Å². The molecule has 0 N–H and O–H groups in total. The summed E-state index contributed by atoms with van der Waals surface area (Å²) >= 11 is 4.74. The van der Waals surface area contributed by atoms with E-state index < -0.39 is 0 Å². The van der Waals surface area contributed by atoms with Crippen LogP contribution in [-0.4, -0.2) is 9.36 Å². The van der Waals surface area contributed by atoms with Crippen LogP contribution in [-0.2, 0) is 27.2 Å². The molecule has 0 aliphatic rings. The van der Waals surface area contributed by atoms with E-state index in [0.717, 1.165) is 13.1 Å². The fourth-order valence-corrected chi connectivity index (χ4v) is 4.19. The lowest BCUT2D eigenvalue weighted by molar-refractivity contribution is -0.754. The Labute approximate surface area is 160 Å². The minimum absolute atomic E-state index is 1.14. The Morgan fingerprint density at radius 2 is 1.09 bits per heavy atom. The summed E-state index contributed by atoms with van der Waals surface area (Å²) in [6.07, 6.45) is 16.7. The maximum atomic E-state index is 2.37. The lowest BCUT2D eigenvalue weighted by Gasteiger charge is -2.03. The van der Waals surface area contributed by atoms with Crippen LogP contribution >= 0.6 is 45.2 Å². The topological polar surface area (TPSA) is 17.6 Å². The van der Waals surface area contributed by atoms with Gasteiger partial charge in [0, 0.05) is 0 Å². The Kier molecular flexibility index (Phi) is 7.66. The van der Waals surface area contributed by atoms with Gasteiger partial charge in [0.15, 0.2) is 14.1 Å². The highest BCUT2D eigenvalue weighted by Crippen LogP contribution is 2.08. The van der Waals surface area contributed by atoms with Crippen molar-refractivity contribution in [1.82, 2.24) is 9.36 Å². The highest BCUT2D eigenvalue weighted by molar-refractivity contribution is 14.1. The molecule has 0 saturated carbocycles. The van der Waals surface area contributed by atoms with Gasteiger partial charge < -0.3 is 0 Å². The third-order valence-electron chi connectivity index (χ3n) is 4.00. The van der Waals surface area contributed by atoms with Crippen LogP contribution in [0.25, 0.3) is 0 Å². The molecule has 0 spiro atoms. The van der Waals surface area contributed by atoms with E-state index in [9.17, 15) is 0 Å². The fourth-order valence-electron chi connectivity index (χ4n) is 2.74. The molecular weight excluding hydrogens is 502 g/mol. The molecule has 2 rings (SSSR count). The summed E-state index contributed by atoms with van der Waals surface area (Å²) in [6.45, 7) is 2.27. The lowest BCUT2D eigenvalue weighted by atomic mass is 10.1. The Hall–Kier alpha value is -0.120. The molecule has 0 saturated heterocycles. The number of hydrogen-bond acceptors (Lipinski definition) is 0. The van der Waals surface area contributed by atoms with Crippen LogP contribution in [0.5, 0.6) is 0 Å². The van der Waals surface area contributed by atoms with E-state index in [2.05, 4.69) is 103 Å². The monoisotopic (exact) mass is 528 g/mol. The van der Waals surface area contributed by atoms with Crippen molar-refractivity contribution in [3.8, 4) is 0 Å². The van der Waals surface area contributed by atoms with E-state index >= 15 is 0 Å². The van der Waals surface area contributed by atoms with Gasteiger partial charge in [-0.25, -0.2) is 0 Å². The van der Waals surface area contributed by atoms with E-state index in [4.69, 9.17) is 0 Å². The number of halogens is 2. The molecule has 0 amide bonds. The quantitative estimate of drug-likeness (QED) is 0.271. The molecule has 2 heterocycles. The first-order chi connectivity index (χ1) is 10.6. The third kappa shape index (κ3) is 5.82. The van der Waals surface area contributed by atoms with Gasteiger partial charge in [0.2, 0.25) is 12.4 Å². The highest BCUT2D eigenvalue weighted by Gasteiger charge is 2.07. The number of aromatic nitrogens is 4. The van der Waals surface area contributed by atoms with Gasteiger partial charge in [-0.2, -0.15) is 9.36 Å². The van der Waals surface area contributed by atoms with Crippen molar-refractivity contribution in [2.75, 3.05) is 0 Å². The second-order valence-electron chi connectivity index (χ2n) is 5.88. The zero-order valence-electron chi connectivity index (χ0n) is 13.5. The molecule has 0 aliphatic carbocycles. The van der Waals surface area contributed by atoms with Crippen LogP contribution in [0, 0.1) is 7.14 Å². The van der Waals surface area contributed by atoms with E-state index in [1.807, 2.05) is 0 Å². The first-order valence-electron chi connectivity index (χ1n) is 7.99. The van der Waals surface area contributed by atoms with Gasteiger partial charge >= 0.3 is 0 Å². The van der Waals surface area contributed by atoms with E-state index in [1.165, 1.54) is 45.7 Å². The summed E-state index contributed by atoms with van der Waals surface area (Å²) < 4.78 is 11.6. The second kappa shape index (κ2) is 9.24. The molecule has 4 nitrogen and oxygen atoms in total.